The van der Waals surface area contributed by atoms with Crippen molar-refractivity contribution in [2.24, 2.45) is 5.73 Å². The predicted molar refractivity (Wildman–Crippen MR) is 88.6 cm³/mol. The molecule has 1 unspecified atom stereocenters. The van der Waals surface area contributed by atoms with E-state index in [1.807, 2.05) is 6.92 Å². The third-order valence-corrected chi connectivity index (χ3v) is 2.86. The van der Waals surface area contributed by atoms with E-state index in [-0.39, 0.29) is 42.6 Å². The third-order valence-electron chi connectivity index (χ3n) is 2.86. The first-order chi connectivity index (χ1) is 9.58. The summed E-state index contributed by atoms with van der Waals surface area (Å²) < 4.78 is 14.5. The van der Waals surface area contributed by atoms with Crippen LogP contribution in [0.5, 0.6) is 0 Å². The number of imidazole rings is 1. The number of nitrogens with one attached hydrogen (secondary N) is 1. The van der Waals surface area contributed by atoms with Gasteiger partial charge < -0.3 is 11.1 Å². The molecule has 3 N–H and O–H groups in total. The van der Waals surface area contributed by atoms with Gasteiger partial charge in [0.05, 0.1) is 12.5 Å². The van der Waals surface area contributed by atoms with E-state index in [1.54, 1.807) is 16.7 Å². The van der Waals surface area contributed by atoms with E-state index in [0.29, 0.717) is 24.3 Å². The summed E-state index contributed by atoms with van der Waals surface area (Å²) >= 11 is 0. The molecular weight excluding hydrogens is 330 g/mol. The Hall–Kier alpha value is -1.63. The van der Waals surface area contributed by atoms with Gasteiger partial charge in [-0.15, -0.1) is 24.8 Å². The topological polar surface area (TPSA) is 72.9 Å². The molecule has 0 saturated heterocycles. The van der Waals surface area contributed by atoms with Gasteiger partial charge in [-0.1, -0.05) is 0 Å². The van der Waals surface area contributed by atoms with Crippen molar-refractivity contribution in [3.05, 3.63) is 48.3 Å². The molecular formula is C14H19Cl2FN4O. The fraction of sp³-hybridized carbons (Fsp3) is 0.286. The number of halogens is 3. The highest BCUT2D eigenvalue weighted by Crippen LogP contribution is 2.12. The maximum absolute atomic E-state index is 12.9. The lowest BCUT2D eigenvalue weighted by atomic mass is 10.2. The zero-order valence-electron chi connectivity index (χ0n) is 12.0. The minimum atomic E-state index is -0.322. The zero-order chi connectivity index (χ0) is 14.5. The number of carbonyl (C=O) groups is 1. The summed E-state index contributed by atoms with van der Waals surface area (Å²) in [5.74, 6) is -0.552. The Morgan fingerprint density at radius 3 is 2.59 bits per heavy atom. The Morgan fingerprint density at radius 1 is 1.36 bits per heavy atom. The molecule has 1 aromatic carbocycles. The van der Waals surface area contributed by atoms with Crippen LogP contribution in [0.3, 0.4) is 0 Å². The van der Waals surface area contributed by atoms with E-state index in [4.69, 9.17) is 5.73 Å². The Labute approximate surface area is 140 Å². The summed E-state index contributed by atoms with van der Waals surface area (Å²) in [6.45, 7) is 2.39. The quantitative estimate of drug-likeness (QED) is 0.870. The molecule has 0 bridgehead atoms. The number of carbonyl (C=O) groups excluding carboxylic acids is 1. The van der Waals surface area contributed by atoms with E-state index in [0.717, 1.165) is 0 Å². The molecule has 0 aliphatic heterocycles. The molecule has 1 atom stereocenters. The minimum Gasteiger partial charge on any atom is -0.351 e. The van der Waals surface area contributed by atoms with E-state index in [9.17, 15) is 9.18 Å². The molecule has 1 aromatic heterocycles. The molecule has 2 aromatic rings. The van der Waals surface area contributed by atoms with Gasteiger partial charge in [0.25, 0.3) is 5.91 Å². The van der Waals surface area contributed by atoms with Gasteiger partial charge >= 0.3 is 0 Å². The summed E-state index contributed by atoms with van der Waals surface area (Å²) in [6, 6.07) is 5.91. The van der Waals surface area contributed by atoms with Crippen LogP contribution in [-0.4, -0.2) is 28.0 Å². The average Bonchev–Trinajstić information content (AvgIpc) is 2.88. The Bertz CT molecular complexity index is 587. The first-order valence-corrected chi connectivity index (χ1v) is 6.40. The summed E-state index contributed by atoms with van der Waals surface area (Å²) in [5, 5.41) is 2.78. The number of benzene rings is 1. The summed E-state index contributed by atoms with van der Waals surface area (Å²) in [5.41, 5.74) is 6.71. The van der Waals surface area contributed by atoms with Crippen LogP contribution in [0, 0.1) is 5.82 Å². The maximum Gasteiger partial charge on any atom is 0.269 e. The summed E-state index contributed by atoms with van der Waals surface area (Å²) in [4.78, 5) is 16.0. The second-order valence-electron chi connectivity index (χ2n) is 4.65. The van der Waals surface area contributed by atoms with E-state index in [1.165, 1.54) is 24.7 Å². The predicted octanol–water partition coefficient (Wildman–Crippen LogP) is 2.32. The lowest BCUT2D eigenvalue weighted by Crippen LogP contribution is -2.30. The van der Waals surface area contributed by atoms with Gasteiger partial charge in [0.15, 0.2) is 0 Å². The standard InChI is InChI=1S/C14H17FN4O.2ClH/c1-10(16)6-7-18-14(20)13-8-17-9-19(13)12-4-2-11(15)3-5-12;;/h2-5,8-10H,6-7,16H2,1H3,(H,18,20);2*1H. The van der Waals surface area contributed by atoms with Gasteiger partial charge in [-0.3, -0.25) is 9.36 Å². The number of aromatic nitrogens is 2. The highest BCUT2D eigenvalue weighted by atomic mass is 35.5. The minimum absolute atomic E-state index is 0. The highest BCUT2D eigenvalue weighted by Gasteiger charge is 2.12. The summed E-state index contributed by atoms with van der Waals surface area (Å²) in [6.07, 6.45) is 3.70. The van der Waals surface area contributed by atoms with Gasteiger partial charge in [0, 0.05) is 18.3 Å². The molecule has 0 saturated carbocycles. The van der Waals surface area contributed by atoms with Crippen molar-refractivity contribution < 1.29 is 9.18 Å². The van der Waals surface area contributed by atoms with Crippen LogP contribution >= 0.6 is 24.8 Å². The first-order valence-electron chi connectivity index (χ1n) is 6.40. The molecule has 1 heterocycles. The Kier molecular flexibility index (Phi) is 8.70. The number of hydrogen-bond acceptors (Lipinski definition) is 3. The van der Waals surface area contributed by atoms with Crippen molar-refractivity contribution in [2.45, 2.75) is 19.4 Å². The molecule has 1 amide bonds. The fourth-order valence-corrected chi connectivity index (χ4v) is 1.77. The Balaban J connectivity index is 0.00000220. The fourth-order valence-electron chi connectivity index (χ4n) is 1.77. The van der Waals surface area contributed by atoms with Gasteiger partial charge in [-0.25, -0.2) is 9.37 Å². The largest absolute Gasteiger partial charge is 0.351 e. The van der Waals surface area contributed by atoms with Crippen molar-refractivity contribution in [2.75, 3.05) is 6.54 Å². The average molecular weight is 349 g/mol. The highest BCUT2D eigenvalue weighted by molar-refractivity contribution is 5.92. The molecule has 0 aliphatic carbocycles. The molecule has 5 nitrogen and oxygen atoms in total. The van der Waals surface area contributed by atoms with Gasteiger partial charge in [-0.05, 0) is 37.6 Å². The number of rotatable bonds is 5. The van der Waals surface area contributed by atoms with Gasteiger partial charge in [-0.2, -0.15) is 0 Å². The molecule has 0 radical (unpaired) electrons. The third kappa shape index (κ3) is 5.29. The van der Waals surface area contributed by atoms with Crippen LogP contribution in [0.4, 0.5) is 4.39 Å². The lowest BCUT2D eigenvalue weighted by molar-refractivity contribution is 0.0946. The van der Waals surface area contributed by atoms with E-state index < -0.39 is 0 Å². The first kappa shape index (κ1) is 20.4. The maximum atomic E-state index is 12.9. The van der Waals surface area contributed by atoms with Crippen LogP contribution in [0.2, 0.25) is 0 Å². The second kappa shape index (κ2) is 9.40. The molecule has 122 valence electrons. The van der Waals surface area contributed by atoms with Crippen LogP contribution in [0.1, 0.15) is 23.8 Å². The van der Waals surface area contributed by atoms with Crippen molar-refractivity contribution in [1.29, 1.82) is 0 Å². The molecule has 22 heavy (non-hydrogen) atoms. The normalized spacial score (nSPS) is 11.0. The van der Waals surface area contributed by atoms with E-state index in [2.05, 4.69) is 10.3 Å². The van der Waals surface area contributed by atoms with Crippen molar-refractivity contribution in [1.82, 2.24) is 14.9 Å². The van der Waals surface area contributed by atoms with Crippen LogP contribution in [0.15, 0.2) is 36.8 Å². The molecule has 0 spiro atoms. The SMILES string of the molecule is CC(N)CCNC(=O)c1cncn1-c1ccc(F)cc1.Cl.Cl. The molecule has 8 heteroatoms. The van der Waals surface area contributed by atoms with E-state index >= 15 is 0 Å². The Morgan fingerprint density at radius 2 is 2.00 bits per heavy atom. The van der Waals surface area contributed by atoms with Crippen LogP contribution in [-0.2, 0) is 0 Å². The van der Waals surface area contributed by atoms with Gasteiger partial charge in [0.2, 0.25) is 0 Å². The van der Waals surface area contributed by atoms with Crippen LogP contribution in [0.25, 0.3) is 5.69 Å². The molecule has 0 aliphatic rings. The van der Waals surface area contributed by atoms with Crippen molar-refractivity contribution >= 4 is 30.7 Å². The van der Waals surface area contributed by atoms with Gasteiger partial charge in [0.1, 0.15) is 11.5 Å². The zero-order valence-corrected chi connectivity index (χ0v) is 13.7. The number of nitrogens with zero attached hydrogens (tertiary/aromatic N) is 2. The van der Waals surface area contributed by atoms with Crippen molar-refractivity contribution in [3.8, 4) is 5.69 Å². The smallest absolute Gasteiger partial charge is 0.269 e. The second-order valence-corrected chi connectivity index (χ2v) is 4.65. The number of amides is 1. The van der Waals surface area contributed by atoms with Crippen molar-refractivity contribution in [3.63, 3.8) is 0 Å². The number of hydrogen-bond donors (Lipinski definition) is 2. The monoisotopic (exact) mass is 348 g/mol. The lowest BCUT2D eigenvalue weighted by Gasteiger charge is -2.10. The molecule has 2 rings (SSSR count). The molecule has 0 fully saturated rings. The summed E-state index contributed by atoms with van der Waals surface area (Å²) in [7, 11) is 0. The van der Waals surface area contributed by atoms with Crippen LogP contribution < -0.4 is 11.1 Å². The number of nitrogens with two attached hydrogens (primary N) is 1.